The first-order valence-electron chi connectivity index (χ1n) is 5.61. The molecule has 0 saturated carbocycles. The summed E-state index contributed by atoms with van der Waals surface area (Å²) in [5.74, 6) is -1.13. The predicted octanol–water partition coefficient (Wildman–Crippen LogP) is 3.71. The summed E-state index contributed by atoms with van der Waals surface area (Å²) in [7, 11) is -3.83. The number of carboxylic acid groups (broad SMARTS) is 1. The summed E-state index contributed by atoms with van der Waals surface area (Å²) in [4.78, 5) is 10.8. The Kier molecular flexibility index (Phi) is 4.70. The van der Waals surface area contributed by atoms with E-state index in [1.807, 2.05) is 0 Å². The number of aromatic carboxylic acids is 1. The van der Waals surface area contributed by atoms with E-state index in [1.165, 1.54) is 18.2 Å². The number of carboxylic acids is 1. The second-order valence-electron chi connectivity index (χ2n) is 4.04. The van der Waals surface area contributed by atoms with E-state index in [0.717, 1.165) is 0 Å². The summed E-state index contributed by atoms with van der Waals surface area (Å²) >= 11 is 6.34. The van der Waals surface area contributed by atoms with Gasteiger partial charge < -0.3 is 5.11 Å². The van der Waals surface area contributed by atoms with Crippen molar-refractivity contribution in [1.82, 2.24) is 0 Å². The predicted molar refractivity (Wildman–Crippen MR) is 86.1 cm³/mol. The number of benzene rings is 2. The number of sulfonamides is 1. The molecule has 2 N–H and O–H groups in total. The van der Waals surface area contributed by atoms with Gasteiger partial charge >= 0.3 is 5.97 Å². The molecule has 0 unspecified atom stereocenters. The number of rotatable bonds is 4. The van der Waals surface area contributed by atoms with E-state index in [-0.39, 0.29) is 14.9 Å². The molecule has 0 fully saturated rings. The van der Waals surface area contributed by atoms with Gasteiger partial charge in [0.2, 0.25) is 0 Å². The molecule has 0 spiro atoms. The number of halogens is 2. The van der Waals surface area contributed by atoms with Gasteiger partial charge in [-0.3, -0.25) is 4.72 Å². The third kappa shape index (κ3) is 3.63. The third-order valence-corrected chi connectivity index (χ3v) is 5.62. The fraction of sp³-hybridized carbons (Fsp3) is 0. The second kappa shape index (κ2) is 6.17. The van der Waals surface area contributed by atoms with Crippen LogP contribution in [-0.2, 0) is 10.0 Å². The van der Waals surface area contributed by atoms with Gasteiger partial charge in [-0.05, 0) is 62.2 Å². The van der Waals surface area contributed by atoms with Crippen LogP contribution in [0.1, 0.15) is 10.4 Å². The number of para-hydroxylation sites is 1. The highest BCUT2D eigenvalue weighted by Gasteiger charge is 2.20. The number of carbonyl (C=O) groups is 1. The lowest BCUT2D eigenvalue weighted by molar-refractivity contribution is 0.0696. The maximum atomic E-state index is 12.3. The lowest BCUT2D eigenvalue weighted by Gasteiger charge is -2.11. The van der Waals surface area contributed by atoms with Crippen molar-refractivity contribution >= 4 is 53.5 Å². The molecule has 2 aromatic carbocycles. The van der Waals surface area contributed by atoms with Crippen LogP contribution in [0.4, 0.5) is 5.69 Å². The molecule has 0 saturated heterocycles. The second-order valence-corrected chi connectivity index (χ2v) is 7.40. The standard InChI is InChI=1S/C13H9Br2NO4S/c14-9-3-1-2-4-11(9)16-21(19,20)12-6-5-8(13(17)18)7-10(12)15/h1-7,16H,(H,17,18). The molecule has 0 aromatic heterocycles. The molecular weight excluding hydrogens is 426 g/mol. The highest BCUT2D eigenvalue weighted by atomic mass is 79.9. The Morgan fingerprint density at radius 3 is 2.29 bits per heavy atom. The monoisotopic (exact) mass is 433 g/mol. The molecule has 8 heteroatoms. The molecule has 0 amide bonds. The van der Waals surface area contributed by atoms with Crippen LogP contribution in [0.3, 0.4) is 0 Å². The summed E-state index contributed by atoms with van der Waals surface area (Å²) in [6.45, 7) is 0. The van der Waals surface area contributed by atoms with Gasteiger partial charge in [-0.2, -0.15) is 0 Å². The van der Waals surface area contributed by atoms with Crippen LogP contribution < -0.4 is 4.72 Å². The van der Waals surface area contributed by atoms with Crippen LogP contribution in [0, 0.1) is 0 Å². The Bertz CT molecular complexity index is 806. The van der Waals surface area contributed by atoms with Gasteiger partial charge in [-0.1, -0.05) is 12.1 Å². The van der Waals surface area contributed by atoms with E-state index < -0.39 is 16.0 Å². The molecule has 0 aliphatic carbocycles. The van der Waals surface area contributed by atoms with Gasteiger partial charge in [0.1, 0.15) is 4.90 Å². The Morgan fingerprint density at radius 2 is 1.71 bits per heavy atom. The van der Waals surface area contributed by atoms with Crippen LogP contribution in [0.25, 0.3) is 0 Å². The highest BCUT2D eigenvalue weighted by Crippen LogP contribution is 2.28. The van der Waals surface area contributed by atoms with E-state index in [9.17, 15) is 13.2 Å². The number of nitrogens with one attached hydrogen (secondary N) is 1. The Labute approximate surface area is 138 Å². The topological polar surface area (TPSA) is 83.5 Å². The number of anilines is 1. The molecule has 21 heavy (non-hydrogen) atoms. The fourth-order valence-electron chi connectivity index (χ4n) is 1.60. The lowest BCUT2D eigenvalue weighted by atomic mass is 10.2. The van der Waals surface area contributed by atoms with Gasteiger partial charge in [0.05, 0.1) is 11.3 Å². The van der Waals surface area contributed by atoms with E-state index in [0.29, 0.717) is 10.2 Å². The van der Waals surface area contributed by atoms with Crippen molar-refractivity contribution < 1.29 is 18.3 Å². The number of hydrogen-bond donors (Lipinski definition) is 2. The SMILES string of the molecule is O=C(O)c1ccc(S(=O)(=O)Nc2ccccc2Br)c(Br)c1. The normalized spacial score (nSPS) is 11.1. The molecule has 110 valence electrons. The minimum atomic E-state index is -3.83. The van der Waals surface area contributed by atoms with Crippen molar-refractivity contribution in [3.05, 3.63) is 57.0 Å². The van der Waals surface area contributed by atoms with Crippen molar-refractivity contribution in [1.29, 1.82) is 0 Å². The average Bonchev–Trinajstić information content (AvgIpc) is 2.40. The lowest BCUT2D eigenvalue weighted by Crippen LogP contribution is -2.14. The minimum Gasteiger partial charge on any atom is -0.478 e. The molecule has 2 rings (SSSR count). The van der Waals surface area contributed by atoms with Crippen LogP contribution in [-0.4, -0.2) is 19.5 Å². The smallest absolute Gasteiger partial charge is 0.335 e. The van der Waals surface area contributed by atoms with Crippen molar-refractivity contribution in [2.75, 3.05) is 4.72 Å². The van der Waals surface area contributed by atoms with E-state index >= 15 is 0 Å². The van der Waals surface area contributed by atoms with Gasteiger partial charge in [-0.25, -0.2) is 13.2 Å². The first-order valence-corrected chi connectivity index (χ1v) is 8.68. The summed E-state index contributed by atoms with van der Waals surface area (Å²) in [5.41, 5.74) is 0.397. The van der Waals surface area contributed by atoms with Gasteiger partial charge in [0, 0.05) is 8.95 Å². The quantitative estimate of drug-likeness (QED) is 0.768. The molecule has 0 atom stereocenters. The first-order chi connectivity index (χ1) is 9.81. The largest absolute Gasteiger partial charge is 0.478 e. The molecule has 0 radical (unpaired) electrons. The van der Waals surface area contributed by atoms with E-state index in [2.05, 4.69) is 36.6 Å². The van der Waals surface area contributed by atoms with Crippen LogP contribution in [0.15, 0.2) is 56.3 Å². The minimum absolute atomic E-state index is 0.00159. The maximum Gasteiger partial charge on any atom is 0.335 e. The highest BCUT2D eigenvalue weighted by molar-refractivity contribution is 9.11. The van der Waals surface area contributed by atoms with Crippen LogP contribution in [0.5, 0.6) is 0 Å². The molecule has 0 aliphatic rings. The van der Waals surface area contributed by atoms with Gasteiger partial charge in [0.15, 0.2) is 0 Å². The van der Waals surface area contributed by atoms with Gasteiger partial charge in [-0.15, -0.1) is 0 Å². The zero-order valence-corrected chi connectivity index (χ0v) is 14.4. The third-order valence-electron chi connectivity index (χ3n) is 2.59. The molecule has 2 aromatic rings. The molecule has 0 bridgehead atoms. The average molecular weight is 435 g/mol. The van der Waals surface area contributed by atoms with Crippen molar-refractivity contribution in [2.45, 2.75) is 4.90 Å². The fourth-order valence-corrected chi connectivity index (χ4v) is 4.27. The summed E-state index contributed by atoms with van der Waals surface area (Å²) in [6.07, 6.45) is 0. The van der Waals surface area contributed by atoms with Crippen LogP contribution >= 0.6 is 31.9 Å². The molecule has 0 aliphatic heterocycles. The summed E-state index contributed by atoms with van der Waals surface area (Å²) < 4.78 is 27.9. The zero-order chi connectivity index (χ0) is 15.6. The Balaban J connectivity index is 2.41. The van der Waals surface area contributed by atoms with Crippen molar-refractivity contribution in [3.63, 3.8) is 0 Å². The van der Waals surface area contributed by atoms with E-state index in [4.69, 9.17) is 5.11 Å². The summed E-state index contributed by atoms with van der Waals surface area (Å²) in [6, 6.07) is 10.5. The first kappa shape index (κ1) is 16.0. The molecular formula is C13H9Br2NO4S. The number of hydrogen-bond acceptors (Lipinski definition) is 3. The molecule has 0 heterocycles. The molecule has 5 nitrogen and oxygen atoms in total. The van der Waals surface area contributed by atoms with E-state index in [1.54, 1.807) is 24.3 Å². The van der Waals surface area contributed by atoms with Crippen molar-refractivity contribution in [2.24, 2.45) is 0 Å². The van der Waals surface area contributed by atoms with Crippen molar-refractivity contribution in [3.8, 4) is 0 Å². The Morgan fingerprint density at radius 1 is 1.05 bits per heavy atom. The van der Waals surface area contributed by atoms with Gasteiger partial charge in [0.25, 0.3) is 10.0 Å². The Hall–Kier alpha value is -1.38. The van der Waals surface area contributed by atoms with Crippen LogP contribution in [0.2, 0.25) is 0 Å². The maximum absolute atomic E-state index is 12.3. The zero-order valence-electron chi connectivity index (χ0n) is 10.4. The summed E-state index contributed by atoms with van der Waals surface area (Å²) in [5, 5.41) is 8.88.